The van der Waals surface area contributed by atoms with Crippen LogP contribution >= 0.6 is 0 Å². The Morgan fingerprint density at radius 2 is 1.72 bits per heavy atom. The van der Waals surface area contributed by atoms with Gasteiger partial charge in [-0.2, -0.15) is 0 Å². The number of amides is 2. The van der Waals surface area contributed by atoms with Crippen molar-refractivity contribution in [3.8, 4) is 11.5 Å². The molecule has 2 N–H and O–H groups in total. The van der Waals surface area contributed by atoms with Crippen LogP contribution in [0.3, 0.4) is 0 Å². The summed E-state index contributed by atoms with van der Waals surface area (Å²) in [5.41, 5.74) is 0.196. The molecule has 1 atom stereocenters. The minimum Gasteiger partial charge on any atom is -0.493 e. The summed E-state index contributed by atoms with van der Waals surface area (Å²) in [6, 6.07) is 0.896. The molecule has 0 radical (unpaired) electrons. The lowest BCUT2D eigenvalue weighted by molar-refractivity contribution is -0.385. The maximum absolute atomic E-state index is 12.9. The molecule has 0 aromatic heterocycles. The summed E-state index contributed by atoms with van der Waals surface area (Å²) in [6.07, 6.45) is -0.415. The Balaban J connectivity index is 2.77. The molecule has 1 aromatic rings. The molecule has 10 nitrogen and oxygen atoms in total. The van der Waals surface area contributed by atoms with Crippen LogP contribution in [0.25, 0.3) is 0 Å². The Morgan fingerprint density at radius 3 is 2.21 bits per heavy atom. The molecule has 0 aliphatic carbocycles. The number of benzene rings is 1. The van der Waals surface area contributed by atoms with Crippen molar-refractivity contribution >= 4 is 17.7 Å². The second-order valence-corrected chi connectivity index (χ2v) is 6.99. The standard InChI is InChI=1S/C19H25N3O7/c1-9(2)16-15(18(23)29-10(3)4)17(21-19(24)20-16)11-7-13(27-5)14(28-6)8-12(11)22(25)26/h7-10,17H,1-6H3,(H2,20,21,24). The summed E-state index contributed by atoms with van der Waals surface area (Å²) < 4.78 is 15.7. The van der Waals surface area contributed by atoms with Crippen molar-refractivity contribution in [1.82, 2.24) is 10.6 Å². The molecule has 2 rings (SSSR count). The third-order valence-corrected chi connectivity index (χ3v) is 4.28. The third-order valence-electron chi connectivity index (χ3n) is 4.28. The van der Waals surface area contributed by atoms with E-state index >= 15 is 0 Å². The zero-order chi connectivity index (χ0) is 21.9. The summed E-state index contributed by atoms with van der Waals surface area (Å²) >= 11 is 0. The van der Waals surface area contributed by atoms with Gasteiger partial charge in [-0.15, -0.1) is 0 Å². The number of ether oxygens (including phenoxy) is 3. The number of nitro benzene ring substituents is 1. The Hall–Kier alpha value is -3.30. The maximum Gasteiger partial charge on any atom is 0.338 e. The first-order valence-electron chi connectivity index (χ1n) is 9.03. The SMILES string of the molecule is COc1cc(C2NC(=O)NC(C(C)C)=C2C(=O)OC(C)C)c([N+](=O)[O-])cc1OC. The van der Waals surface area contributed by atoms with Crippen LogP contribution < -0.4 is 20.1 Å². The number of hydrogen-bond acceptors (Lipinski definition) is 7. The number of nitro groups is 1. The predicted molar refractivity (Wildman–Crippen MR) is 104 cm³/mol. The summed E-state index contributed by atoms with van der Waals surface area (Å²) in [7, 11) is 2.74. The van der Waals surface area contributed by atoms with E-state index in [1.54, 1.807) is 27.7 Å². The van der Waals surface area contributed by atoms with Crippen LogP contribution in [0.4, 0.5) is 10.5 Å². The second-order valence-electron chi connectivity index (χ2n) is 6.99. The lowest BCUT2D eigenvalue weighted by atomic mass is 9.90. The molecule has 1 aliphatic heterocycles. The van der Waals surface area contributed by atoms with Gasteiger partial charge in [0.05, 0.1) is 48.5 Å². The van der Waals surface area contributed by atoms with Gasteiger partial charge in [0.25, 0.3) is 5.69 Å². The Labute approximate surface area is 168 Å². The second kappa shape index (κ2) is 8.80. The Morgan fingerprint density at radius 1 is 1.14 bits per heavy atom. The molecule has 0 spiro atoms. The molecule has 1 aliphatic rings. The number of nitrogens with one attached hydrogen (secondary N) is 2. The van der Waals surface area contributed by atoms with Gasteiger partial charge in [-0.3, -0.25) is 10.1 Å². The lowest BCUT2D eigenvalue weighted by Crippen LogP contribution is -2.47. The number of allylic oxidation sites excluding steroid dienone is 1. The monoisotopic (exact) mass is 407 g/mol. The van der Waals surface area contributed by atoms with Gasteiger partial charge in [0.15, 0.2) is 11.5 Å². The Kier molecular flexibility index (Phi) is 6.68. The zero-order valence-corrected chi connectivity index (χ0v) is 17.2. The molecule has 1 aromatic carbocycles. The number of carbonyl (C=O) groups is 2. The smallest absolute Gasteiger partial charge is 0.338 e. The van der Waals surface area contributed by atoms with Gasteiger partial charge >= 0.3 is 12.0 Å². The van der Waals surface area contributed by atoms with E-state index in [-0.39, 0.29) is 34.2 Å². The number of esters is 1. The normalized spacial score (nSPS) is 16.4. The van der Waals surface area contributed by atoms with Gasteiger partial charge < -0.3 is 24.8 Å². The van der Waals surface area contributed by atoms with Crippen molar-refractivity contribution < 1.29 is 28.7 Å². The molecule has 158 valence electrons. The van der Waals surface area contributed by atoms with Crippen LogP contribution in [-0.2, 0) is 9.53 Å². The number of hydrogen-bond donors (Lipinski definition) is 2. The highest BCUT2D eigenvalue weighted by molar-refractivity contribution is 5.95. The van der Waals surface area contributed by atoms with E-state index in [9.17, 15) is 19.7 Å². The van der Waals surface area contributed by atoms with E-state index < -0.39 is 29.1 Å². The van der Waals surface area contributed by atoms with Crippen molar-refractivity contribution in [2.24, 2.45) is 5.92 Å². The molecule has 1 unspecified atom stereocenters. The van der Waals surface area contributed by atoms with Crippen molar-refractivity contribution in [3.63, 3.8) is 0 Å². The molecule has 10 heteroatoms. The number of urea groups is 1. The number of methoxy groups -OCH3 is 2. The van der Waals surface area contributed by atoms with Crippen LogP contribution in [-0.4, -0.2) is 37.2 Å². The highest BCUT2D eigenvalue weighted by atomic mass is 16.6. The fourth-order valence-corrected chi connectivity index (χ4v) is 3.05. The van der Waals surface area contributed by atoms with Gasteiger partial charge in [0.2, 0.25) is 0 Å². The molecule has 0 saturated carbocycles. The van der Waals surface area contributed by atoms with E-state index in [1.807, 2.05) is 0 Å². The molecule has 1 heterocycles. The average Bonchev–Trinajstić information content (AvgIpc) is 2.65. The van der Waals surface area contributed by atoms with Crippen LogP contribution in [0.1, 0.15) is 39.3 Å². The predicted octanol–water partition coefficient (Wildman–Crippen LogP) is 2.83. The van der Waals surface area contributed by atoms with Gasteiger partial charge in [-0.05, 0) is 25.8 Å². The van der Waals surface area contributed by atoms with Gasteiger partial charge in [-0.1, -0.05) is 13.8 Å². The van der Waals surface area contributed by atoms with Crippen molar-refractivity contribution in [2.45, 2.75) is 39.8 Å². The summed E-state index contributed by atoms with van der Waals surface area (Å²) in [5, 5.41) is 17.0. The Bertz CT molecular complexity index is 862. The van der Waals surface area contributed by atoms with Crippen molar-refractivity contribution in [1.29, 1.82) is 0 Å². The highest BCUT2D eigenvalue weighted by Gasteiger charge is 2.39. The zero-order valence-electron chi connectivity index (χ0n) is 17.2. The summed E-state index contributed by atoms with van der Waals surface area (Å²) in [6.45, 7) is 6.97. The molecule has 0 bridgehead atoms. The first-order valence-corrected chi connectivity index (χ1v) is 9.03. The van der Waals surface area contributed by atoms with Gasteiger partial charge in [-0.25, -0.2) is 9.59 Å². The third kappa shape index (κ3) is 4.58. The molecule has 0 fully saturated rings. The molecule has 2 amide bonds. The minimum atomic E-state index is -1.10. The quantitative estimate of drug-likeness (QED) is 0.404. The molecular weight excluding hydrogens is 382 g/mol. The molecule has 0 saturated heterocycles. The number of nitrogens with zero attached hydrogens (tertiary/aromatic N) is 1. The maximum atomic E-state index is 12.9. The summed E-state index contributed by atoms with van der Waals surface area (Å²) in [4.78, 5) is 36.3. The van der Waals surface area contributed by atoms with E-state index in [0.717, 1.165) is 0 Å². The first-order chi connectivity index (χ1) is 13.6. The lowest BCUT2D eigenvalue weighted by Gasteiger charge is -2.31. The molecule has 29 heavy (non-hydrogen) atoms. The van der Waals surface area contributed by atoms with Crippen molar-refractivity contribution in [2.75, 3.05) is 14.2 Å². The summed E-state index contributed by atoms with van der Waals surface area (Å²) in [5.74, 6) is -0.533. The largest absolute Gasteiger partial charge is 0.493 e. The average molecular weight is 407 g/mol. The van der Waals surface area contributed by atoms with Gasteiger partial charge in [0, 0.05) is 5.70 Å². The van der Waals surface area contributed by atoms with Gasteiger partial charge in [0.1, 0.15) is 0 Å². The van der Waals surface area contributed by atoms with E-state index in [4.69, 9.17) is 14.2 Å². The number of rotatable bonds is 7. The number of carbonyl (C=O) groups excluding carboxylic acids is 2. The van der Waals surface area contributed by atoms with Crippen LogP contribution in [0, 0.1) is 16.0 Å². The minimum absolute atomic E-state index is 0.0800. The highest BCUT2D eigenvalue weighted by Crippen LogP contribution is 2.41. The van der Waals surface area contributed by atoms with E-state index in [0.29, 0.717) is 5.70 Å². The first kappa shape index (κ1) is 22.0. The fraction of sp³-hybridized carbons (Fsp3) is 0.474. The topological polar surface area (TPSA) is 129 Å². The van der Waals surface area contributed by atoms with Crippen LogP contribution in [0.2, 0.25) is 0 Å². The van der Waals surface area contributed by atoms with Crippen LogP contribution in [0.5, 0.6) is 11.5 Å². The molecular formula is C19H25N3O7. The fourth-order valence-electron chi connectivity index (χ4n) is 3.05. The van der Waals surface area contributed by atoms with E-state index in [1.165, 1.54) is 26.4 Å². The van der Waals surface area contributed by atoms with Crippen LogP contribution in [0.15, 0.2) is 23.4 Å². The van der Waals surface area contributed by atoms with E-state index in [2.05, 4.69) is 10.6 Å². The van der Waals surface area contributed by atoms with Crippen molar-refractivity contribution in [3.05, 3.63) is 39.1 Å².